The maximum absolute atomic E-state index is 3.50. The standard InChI is InChI=1S/C30H21/c1-3-11-23(12-4-1)19-21-29-25-15-7-9-17-27(25)30(28-18-10-8-16-26(28)29)22-20-24-13-5-2-6-14-24/h1-17,19-22H. The van der Waals surface area contributed by atoms with Gasteiger partial charge in [0.25, 0.3) is 0 Å². The van der Waals surface area contributed by atoms with Crippen LogP contribution in [0.4, 0.5) is 0 Å². The largest absolute Gasteiger partial charge is 0.0622 e. The summed E-state index contributed by atoms with van der Waals surface area (Å²) in [7, 11) is 0. The second kappa shape index (κ2) is 8.23. The average molecular weight is 381 g/mol. The second-order valence-electron chi connectivity index (χ2n) is 7.32. The van der Waals surface area contributed by atoms with Crippen molar-refractivity contribution in [2.75, 3.05) is 0 Å². The fourth-order valence-corrected chi connectivity index (χ4v) is 3.96. The minimum absolute atomic E-state index is 1.15. The van der Waals surface area contributed by atoms with Gasteiger partial charge in [-0.15, -0.1) is 0 Å². The predicted octanol–water partition coefficient (Wildman–Crippen LogP) is 8.13. The molecule has 0 saturated carbocycles. The fraction of sp³-hybridized carbons (Fsp3) is 0. The number of rotatable bonds is 4. The molecule has 0 saturated heterocycles. The first-order valence-electron chi connectivity index (χ1n) is 10.2. The molecule has 0 nitrogen and oxygen atoms in total. The van der Waals surface area contributed by atoms with E-state index in [1.165, 1.54) is 38.4 Å². The van der Waals surface area contributed by atoms with Gasteiger partial charge in [0.15, 0.2) is 0 Å². The quantitative estimate of drug-likeness (QED) is 0.218. The molecular formula is C30H21. The van der Waals surface area contributed by atoms with Crippen molar-refractivity contribution in [1.29, 1.82) is 0 Å². The molecule has 0 aliphatic rings. The smallest absolute Gasteiger partial charge is 0.00201 e. The number of fused-ring (bicyclic) bond motifs is 2. The van der Waals surface area contributed by atoms with Crippen molar-refractivity contribution in [3.8, 4) is 0 Å². The lowest BCUT2D eigenvalue weighted by atomic mass is 9.91. The highest BCUT2D eigenvalue weighted by molar-refractivity contribution is 6.14. The third-order valence-corrected chi connectivity index (χ3v) is 5.41. The van der Waals surface area contributed by atoms with Crippen LogP contribution in [0.1, 0.15) is 22.3 Å². The molecule has 1 radical (unpaired) electrons. The van der Waals surface area contributed by atoms with Gasteiger partial charge in [-0.1, -0.05) is 127 Å². The van der Waals surface area contributed by atoms with Crippen LogP contribution in [-0.2, 0) is 0 Å². The van der Waals surface area contributed by atoms with Crippen LogP contribution >= 0.6 is 0 Å². The molecule has 0 unspecified atom stereocenters. The molecule has 0 bridgehead atoms. The Hall–Kier alpha value is -3.90. The van der Waals surface area contributed by atoms with Gasteiger partial charge in [0.1, 0.15) is 0 Å². The van der Waals surface area contributed by atoms with E-state index in [9.17, 15) is 0 Å². The molecule has 5 rings (SSSR count). The summed E-state index contributed by atoms with van der Waals surface area (Å²) in [5.41, 5.74) is 4.83. The molecule has 0 amide bonds. The molecule has 0 heterocycles. The first kappa shape index (κ1) is 18.1. The summed E-state index contributed by atoms with van der Waals surface area (Å²) >= 11 is 0. The van der Waals surface area contributed by atoms with E-state index < -0.39 is 0 Å². The minimum atomic E-state index is 1.15. The van der Waals surface area contributed by atoms with E-state index in [1.807, 2.05) is 18.2 Å². The van der Waals surface area contributed by atoms with Crippen LogP contribution in [0.25, 0.3) is 45.8 Å². The molecule has 0 heteroatoms. The first-order chi connectivity index (χ1) is 14.9. The highest BCUT2D eigenvalue weighted by Crippen LogP contribution is 2.35. The second-order valence-corrected chi connectivity index (χ2v) is 7.32. The van der Waals surface area contributed by atoms with Gasteiger partial charge >= 0.3 is 0 Å². The predicted molar refractivity (Wildman–Crippen MR) is 131 cm³/mol. The lowest BCUT2D eigenvalue weighted by Gasteiger charge is -2.13. The van der Waals surface area contributed by atoms with Gasteiger partial charge in [0.05, 0.1) is 0 Å². The molecular weight excluding hydrogens is 360 g/mol. The average Bonchev–Trinajstić information content (AvgIpc) is 2.82. The van der Waals surface area contributed by atoms with Gasteiger partial charge < -0.3 is 0 Å². The van der Waals surface area contributed by atoms with Crippen LogP contribution in [0.5, 0.6) is 0 Å². The van der Waals surface area contributed by atoms with Gasteiger partial charge in [0, 0.05) is 0 Å². The Morgan fingerprint density at radius 2 is 0.933 bits per heavy atom. The Morgan fingerprint density at radius 1 is 0.433 bits per heavy atom. The van der Waals surface area contributed by atoms with Crippen molar-refractivity contribution in [2.45, 2.75) is 0 Å². The van der Waals surface area contributed by atoms with Crippen LogP contribution in [-0.4, -0.2) is 0 Å². The summed E-state index contributed by atoms with van der Waals surface area (Å²) in [6.45, 7) is 0. The van der Waals surface area contributed by atoms with Gasteiger partial charge in [-0.2, -0.15) is 0 Å². The maximum atomic E-state index is 3.50. The van der Waals surface area contributed by atoms with E-state index in [2.05, 4.69) is 115 Å². The van der Waals surface area contributed by atoms with E-state index in [4.69, 9.17) is 0 Å². The highest BCUT2D eigenvalue weighted by atomic mass is 14.1. The van der Waals surface area contributed by atoms with Crippen LogP contribution in [0.2, 0.25) is 0 Å². The highest BCUT2D eigenvalue weighted by Gasteiger charge is 2.10. The Bertz CT molecular complexity index is 1190. The van der Waals surface area contributed by atoms with Crippen molar-refractivity contribution >= 4 is 45.8 Å². The van der Waals surface area contributed by atoms with Gasteiger partial charge in [-0.05, 0) is 49.9 Å². The summed E-state index contributed by atoms with van der Waals surface area (Å²) in [6.07, 6.45) is 8.83. The monoisotopic (exact) mass is 381 g/mol. The van der Waals surface area contributed by atoms with E-state index in [-0.39, 0.29) is 0 Å². The van der Waals surface area contributed by atoms with Gasteiger partial charge in [0.2, 0.25) is 0 Å². The lowest BCUT2D eigenvalue weighted by Crippen LogP contribution is -1.89. The third-order valence-electron chi connectivity index (χ3n) is 5.41. The first-order valence-corrected chi connectivity index (χ1v) is 10.2. The van der Waals surface area contributed by atoms with E-state index in [1.54, 1.807) is 0 Å². The molecule has 0 aliphatic heterocycles. The minimum Gasteiger partial charge on any atom is -0.0622 e. The van der Waals surface area contributed by atoms with Crippen LogP contribution in [0.15, 0.2) is 103 Å². The lowest BCUT2D eigenvalue weighted by molar-refractivity contribution is 1.66. The van der Waals surface area contributed by atoms with Crippen molar-refractivity contribution in [1.82, 2.24) is 0 Å². The molecule has 0 fully saturated rings. The van der Waals surface area contributed by atoms with Crippen LogP contribution < -0.4 is 0 Å². The van der Waals surface area contributed by atoms with Crippen LogP contribution in [0, 0.1) is 6.07 Å². The molecule has 30 heavy (non-hydrogen) atoms. The zero-order valence-electron chi connectivity index (χ0n) is 16.6. The molecule has 0 aliphatic carbocycles. The van der Waals surface area contributed by atoms with Crippen molar-refractivity contribution in [3.05, 3.63) is 131 Å². The van der Waals surface area contributed by atoms with E-state index in [0.717, 1.165) is 5.39 Å². The summed E-state index contributed by atoms with van der Waals surface area (Å²) in [4.78, 5) is 0. The van der Waals surface area contributed by atoms with Crippen LogP contribution in [0.3, 0.4) is 0 Å². The summed E-state index contributed by atoms with van der Waals surface area (Å²) in [5.74, 6) is 0. The Balaban J connectivity index is 1.74. The zero-order valence-corrected chi connectivity index (χ0v) is 16.6. The number of benzene rings is 5. The summed E-state index contributed by atoms with van der Waals surface area (Å²) < 4.78 is 0. The SMILES string of the molecule is [c]1cccc2c(C=Cc3ccccc3)c3ccccc3c(C=Cc3ccccc3)c12. The number of hydrogen-bond donors (Lipinski definition) is 0. The molecule has 0 atom stereocenters. The number of hydrogen-bond acceptors (Lipinski definition) is 0. The van der Waals surface area contributed by atoms with Crippen molar-refractivity contribution < 1.29 is 0 Å². The fourth-order valence-electron chi connectivity index (χ4n) is 3.96. The van der Waals surface area contributed by atoms with Crippen molar-refractivity contribution in [3.63, 3.8) is 0 Å². The maximum Gasteiger partial charge on any atom is -0.00201 e. The summed E-state index contributed by atoms with van der Waals surface area (Å²) in [5, 5.41) is 4.86. The summed E-state index contributed by atoms with van der Waals surface area (Å²) in [6, 6.07) is 39.3. The van der Waals surface area contributed by atoms with Crippen molar-refractivity contribution in [2.24, 2.45) is 0 Å². The van der Waals surface area contributed by atoms with Gasteiger partial charge in [-0.3, -0.25) is 0 Å². The third kappa shape index (κ3) is 3.56. The Labute approximate surface area is 177 Å². The Morgan fingerprint density at radius 3 is 1.57 bits per heavy atom. The van der Waals surface area contributed by atoms with E-state index in [0.29, 0.717) is 0 Å². The normalized spacial score (nSPS) is 11.7. The molecule has 0 spiro atoms. The Kier molecular flexibility index (Phi) is 4.98. The van der Waals surface area contributed by atoms with Gasteiger partial charge in [-0.25, -0.2) is 0 Å². The molecule has 141 valence electrons. The molecule has 5 aromatic rings. The molecule has 0 N–H and O–H groups in total. The topological polar surface area (TPSA) is 0 Å². The van der Waals surface area contributed by atoms with E-state index >= 15 is 0 Å². The molecule has 0 aromatic heterocycles. The zero-order chi connectivity index (χ0) is 20.2. The molecule has 5 aromatic carbocycles.